The topological polar surface area (TPSA) is 26.0 Å². The van der Waals surface area contributed by atoms with Crippen LogP contribution in [0.4, 0.5) is 0 Å². The maximum absolute atomic E-state index is 5.19. The number of benzene rings is 1. The van der Waals surface area contributed by atoms with Gasteiger partial charge >= 0.3 is 0 Å². The zero-order valence-corrected chi connectivity index (χ0v) is 14.2. The second-order valence-corrected chi connectivity index (χ2v) is 7.77. The van der Waals surface area contributed by atoms with Crippen LogP contribution >= 0.6 is 0 Å². The van der Waals surface area contributed by atoms with E-state index in [0.29, 0.717) is 0 Å². The fraction of sp³-hybridized carbons (Fsp3) is 0.450. The Morgan fingerprint density at radius 3 is 2.36 bits per heavy atom. The number of hydrogen-bond acceptors (Lipinski definition) is 2. The van der Waals surface area contributed by atoms with Crippen molar-refractivity contribution in [3.8, 4) is 0 Å². The van der Waals surface area contributed by atoms with E-state index in [0.717, 1.165) is 5.76 Å². The summed E-state index contributed by atoms with van der Waals surface area (Å²) in [5, 5.41) is 3.76. The minimum atomic E-state index is 0.243. The molecular weight excluding hydrogens is 270 g/mol. The Kier molecular flexibility index (Phi) is 3.51. The molecule has 22 heavy (non-hydrogen) atoms. The lowest BCUT2D eigenvalue weighted by molar-refractivity contribution is 0.332. The normalized spacial score (nSPS) is 19.8. The lowest BCUT2D eigenvalue weighted by Gasteiger charge is -2.42. The van der Waals surface area contributed by atoms with Crippen molar-refractivity contribution in [1.29, 1.82) is 0 Å². The van der Waals surface area contributed by atoms with Crippen LogP contribution in [0.3, 0.4) is 0 Å². The molecule has 1 aromatic carbocycles. The van der Waals surface area contributed by atoms with Crippen LogP contribution < -0.4 is 0 Å². The van der Waals surface area contributed by atoms with E-state index in [2.05, 4.69) is 64.1 Å². The molecule has 0 fully saturated rings. The molecule has 116 valence electrons. The predicted molar refractivity (Wildman–Crippen MR) is 91.8 cm³/mol. The third-order valence-electron chi connectivity index (χ3n) is 5.12. The van der Waals surface area contributed by atoms with Crippen molar-refractivity contribution in [1.82, 2.24) is 5.16 Å². The van der Waals surface area contributed by atoms with E-state index in [1.807, 2.05) is 6.07 Å². The Morgan fingerprint density at radius 1 is 1.05 bits per heavy atom. The van der Waals surface area contributed by atoms with Crippen molar-refractivity contribution in [2.24, 2.45) is 0 Å². The molecule has 1 aliphatic carbocycles. The average Bonchev–Trinajstić information content (AvgIpc) is 2.96. The standard InChI is InChI=1S/C20H25NO/c1-14(12-16-8-11-21-22-16)15-6-7-17-18(13-15)20(4,5)10-9-19(17,2)3/h6-8,11-13H,9-10H2,1-5H3. The van der Waals surface area contributed by atoms with E-state index in [4.69, 9.17) is 4.52 Å². The third-order valence-corrected chi connectivity index (χ3v) is 5.12. The van der Waals surface area contributed by atoms with Gasteiger partial charge in [0.2, 0.25) is 0 Å². The van der Waals surface area contributed by atoms with Gasteiger partial charge in [-0.3, -0.25) is 0 Å². The number of aromatic nitrogens is 1. The minimum absolute atomic E-state index is 0.243. The van der Waals surface area contributed by atoms with Crippen molar-refractivity contribution < 1.29 is 4.52 Å². The molecule has 0 atom stereocenters. The summed E-state index contributed by atoms with van der Waals surface area (Å²) in [5.41, 5.74) is 5.98. The summed E-state index contributed by atoms with van der Waals surface area (Å²) < 4.78 is 5.19. The van der Waals surface area contributed by atoms with E-state index >= 15 is 0 Å². The molecule has 0 unspecified atom stereocenters. The molecular formula is C20H25NO. The summed E-state index contributed by atoms with van der Waals surface area (Å²) in [6.45, 7) is 11.6. The fourth-order valence-electron chi connectivity index (χ4n) is 3.43. The van der Waals surface area contributed by atoms with Crippen LogP contribution in [0, 0.1) is 0 Å². The van der Waals surface area contributed by atoms with E-state index in [1.54, 1.807) is 6.20 Å². The second-order valence-electron chi connectivity index (χ2n) is 7.77. The quantitative estimate of drug-likeness (QED) is 0.722. The van der Waals surface area contributed by atoms with Crippen LogP contribution in [0.5, 0.6) is 0 Å². The largest absolute Gasteiger partial charge is 0.357 e. The maximum atomic E-state index is 5.19. The van der Waals surface area contributed by atoms with Gasteiger partial charge in [-0.25, -0.2) is 0 Å². The highest BCUT2D eigenvalue weighted by molar-refractivity contribution is 5.79. The molecule has 0 saturated heterocycles. The van der Waals surface area contributed by atoms with Crippen LogP contribution in [0.1, 0.15) is 69.9 Å². The maximum Gasteiger partial charge on any atom is 0.159 e. The zero-order valence-electron chi connectivity index (χ0n) is 14.2. The van der Waals surface area contributed by atoms with Gasteiger partial charge in [0, 0.05) is 6.07 Å². The van der Waals surface area contributed by atoms with E-state index in [1.165, 1.54) is 35.1 Å². The summed E-state index contributed by atoms with van der Waals surface area (Å²) in [6, 6.07) is 8.82. The molecule has 2 heteroatoms. The van der Waals surface area contributed by atoms with Crippen molar-refractivity contribution >= 4 is 11.6 Å². The third kappa shape index (κ3) is 2.63. The SMILES string of the molecule is CC(=Cc1ccno1)c1ccc2c(c1)C(C)(C)CCC2(C)C. The van der Waals surface area contributed by atoms with E-state index in [-0.39, 0.29) is 10.8 Å². The molecule has 2 aromatic rings. The van der Waals surface area contributed by atoms with Gasteiger partial charge in [0.05, 0.1) is 6.20 Å². The summed E-state index contributed by atoms with van der Waals surface area (Å²) in [5.74, 6) is 0.801. The van der Waals surface area contributed by atoms with Gasteiger partial charge < -0.3 is 4.52 Å². The predicted octanol–water partition coefficient (Wildman–Crippen LogP) is 5.58. The summed E-state index contributed by atoms with van der Waals surface area (Å²) in [6.07, 6.45) is 6.22. The van der Waals surface area contributed by atoms with E-state index < -0.39 is 0 Å². The smallest absolute Gasteiger partial charge is 0.159 e. The number of allylic oxidation sites excluding steroid dienone is 1. The van der Waals surface area contributed by atoms with Gasteiger partial charge in [0.25, 0.3) is 0 Å². The van der Waals surface area contributed by atoms with Crippen molar-refractivity contribution in [2.75, 3.05) is 0 Å². The van der Waals surface area contributed by atoms with Gasteiger partial charge in [-0.1, -0.05) is 51.1 Å². The first-order valence-electron chi connectivity index (χ1n) is 8.04. The number of hydrogen-bond donors (Lipinski definition) is 0. The molecule has 0 N–H and O–H groups in total. The highest BCUT2D eigenvalue weighted by atomic mass is 16.5. The molecule has 3 rings (SSSR count). The lowest BCUT2D eigenvalue weighted by atomic mass is 9.63. The molecule has 0 aliphatic heterocycles. The minimum Gasteiger partial charge on any atom is -0.357 e. The Labute approximate surface area is 133 Å². The molecule has 0 saturated carbocycles. The Balaban J connectivity index is 2.06. The Bertz CT molecular complexity index is 705. The monoisotopic (exact) mass is 295 g/mol. The molecule has 0 spiro atoms. The first kappa shape index (κ1) is 15.1. The zero-order chi connectivity index (χ0) is 16.0. The van der Waals surface area contributed by atoms with Gasteiger partial charge in [-0.2, -0.15) is 0 Å². The van der Waals surface area contributed by atoms with Crippen LogP contribution in [-0.2, 0) is 10.8 Å². The molecule has 0 radical (unpaired) electrons. The van der Waals surface area contributed by atoms with Crippen molar-refractivity contribution in [2.45, 2.75) is 58.3 Å². The Hall–Kier alpha value is -1.83. The molecule has 0 bridgehead atoms. The molecule has 1 aliphatic rings. The van der Waals surface area contributed by atoms with Crippen molar-refractivity contribution in [3.63, 3.8) is 0 Å². The first-order valence-corrected chi connectivity index (χ1v) is 8.04. The summed E-state index contributed by atoms with van der Waals surface area (Å²) in [4.78, 5) is 0. The van der Waals surface area contributed by atoms with Crippen LogP contribution in [-0.4, -0.2) is 5.16 Å². The van der Waals surface area contributed by atoms with Gasteiger partial charge in [0.15, 0.2) is 5.76 Å². The summed E-state index contributed by atoms with van der Waals surface area (Å²) >= 11 is 0. The number of nitrogens with zero attached hydrogens (tertiary/aromatic N) is 1. The van der Waals surface area contributed by atoms with Gasteiger partial charge in [-0.15, -0.1) is 0 Å². The second kappa shape index (κ2) is 5.12. The molecule has 2 nitrogen and oxygen atoms in total. The first-order chi connectivity index (χ1) is 10.3. The highest BCUT2D eigenvalue weighted by Crippen LogP contribution is 2.46. The number of fused-ring (bicyclic) bond motifs is 1. The summed E-state index contributed by atoms with van der Waals surface area (Å²) in [7, 11) is 0. The number of rotatable bonds is 2. The van der Waals surface area contributed by atoms with Crippen LogP contribution in [0.25, 0.3) is 11.6 Å². The van der Waals surface area contributed by atoms with E-state index in [9.17, 15) is 0 Å². The van der Waals surface area contributed by atoms with Crippen LogP contribution in [0.2, 0.25) is 0 Å². The van der Waals surface area contributed by atoms with Crippen molar-refractivity contribution in [3.05, 3.63) is 52.9 Å². The van der Waals surface area contributed by atoms with Gasteiger partial charge in [0.1, 0.15) is 0 Å². The molecule has 1 aromatic heterocycles. The lowest BCUT2D eigenvalue weighted by Crippen LogP contribution is -2.33. The average molecular weight is 295 g/mol. The van der Waals surface area contributed by atoms with Crippen LogP contribution in [0.15, 0.2) is 35.0 Å². The highest BCUT2D eigenvalue weighted by Gasteiger charge is 2.36. The molecule has 0 amide bonds. The van der Waals surface area contributed by atoms with Gasteiger partial charge in [-0.05, 0) is 58.9 Å². The Morgan fingerprint density at radius 2 is 1.73 bits per heavy atom. The molecule has 1 heterocycles. The fourth-order valence-corrected chi connectivity index (χ4v) is 3.43.